The molecule has 1 amide bonds. The van der Waals surface area contributed by atoms with Crippen LogP contribution >= 0.6 is 0 Å². The Kier molecular flexibility index (Phi) is 6.86. The minimum absolute atomic E-state index is 0.141. The zero-order chi connectivity index (χ0) is 20.3. The maximum absolute atomic E-state index is 12.4. The number of rotatable bonds is 5. The third-order valence-corrected chi connectivity index (χ3v) is 6.05. The first kappa shape index (κ1) is 21.0. The number of piperazine rings is 1. The zero-order valence-electron chi connectivity index (χ0n) is 17.7. The third kappa shape index (κ3) is 4.80. The molecule has 0 atom stereocenters. The van der Waals surface area contributed by atoms with Gasteiger partial charge < -0.3 is 9.64 Å². The van der Waals surface area contributed by atoms with Crippen molar-refractivity contribution >= 4 is 11.7 Å². The summed E-state index contributed by atoms with van der Waals surface area (Å²) < 4.78 is 5.32. The van der Waals surface area contributed by atoms with Gasteiger partial charge in [-0.2, -0.15) is 0 Å². The Morgan fingerprint density at radius 3 is 2.14 bits per heavy atom. The Bertz CT molecular complexity index is 733. The van der Waals surface area contributed by atoms with Crippen LogP contribution in [0.3, 0.4) is 0 Å². The highest BCUT2D eigenvalue weighted by Crippen LogP contribution is 2.24. The number of morpholine rings is 1. The van der Waals surface area contributed by atoms with Gasteiger partial charge in [0.25, 0.3) is 0 Å². The van der Waals surface area contributed by atoms with Gasteiger partial charge in [-0.3, -0.25) is 19.4 Å². The highest BCUT2D eigenvalue weighted by atomic mass is 16.5. The van der Waals surface area contributed by atoms with Crippen molar-refractivity contribution < 1.29 is 14.3 Å². The number of aryl methyl sites for hydroxylation is 2. The number of benzene rings is 1. The van der Waals surface area contributed by atoms with E-state index in [1.165, 1.54) is 11.1 Å². The second-order valence-electron chi connectivity index (χ2n) is 8.09. The van der Waals surface area contributed by atoms with Crippen molar-refractivity contribution in [2.45, 2.75) is 34.2 Å². The second-order valence-corrected chi connectivity index (χ2v) is 8.09. The summed E-state index contributed by atoms with van der Waals surface area (Å²) >= 11 is 0. The van der Waals surface area contributed by atoms with Gasteiger partial charge >= 0.3 is 0 Å². The largest absolute Gasteiger partial charge is 0.378 e. The highest BCUT2D eigenvalue weighted by Gasteiger charge is 2.24. The molecule has 2 aliphatic rings. The van der Waals surface area contributed by atoms with Crippen LogP contribution in [-0.2, 0) is 16.1 Å². The van der Waals surface area contributed by atoms with Crippen LogP contribution in [0.2, 0.25) is 0 Å². The van der Waals surface area contributed by atoms with Gasteiger partial charge in [-0.25, -0.2) is 0 Å². The number of hydrogen-bond donors (Lipinski definition) is 0. The molecular weight excluding hydrogens is 354 g/mol. The van der Waals surface area contributed by atoms with Crippen LogP contribution in [0.15, 0.2) is 6.07 Å². The van der Waals surface area contributed by atoms with Gasteiger partial charge in [-0.05, 0) is 49.9 Å². The van der Waals surface area contributed by atoms with E-state index in [1.807, 2.05) is 11.8 Å². The molecule has 0 aromatic heterocycles. The summed E-state index contributed by atoms with van der Waals surface area (Å²) in [5, 5.41) is 0. The van der Waals surface area contributed by atoms with Crippen LogP contribution in [-0.4, -0.2) is 85.4 Å². The maximum atomic E-state index is 12.4. The molecule has 6 heteroatoms. The Hall–Kier alpha value is -1.76. The summed E-state index contributed by atoms with van der Waals surface area (Å²) in [4.78, 5) is 31.1. The average Bonchev–Trinajstić information content (AvgIpc) is 2.66. The van der Waals surface area contributed by atoms with Crippen molar-refractivity contribution in [3.8, 4) is 0 Å². The number of nitrogens with zero attached hydrogens (tertiary/aromatic N) is 3. The molecule has 2 heterocycles. The van der Waals surface area contributed by atoms with E-state index in [-0.39, 0.29) is 11.7 Å². The van der Waals surface area contributed by atoms with Gasteiger partial charge in [-0.1, -0.05) is 6.07 Å². The Labute approximate surface area is 168 Å². The predicted molar refractivity (Wildman–Crippen MR) is 110 cm³/mol. The fourth-order valence-electron chi connectivity index (χ4n) is 4.44. The quantitative estimate of drug-likeness (QED) is 0.721. The molecule has 28 heavy (non-hydrogen) atoms. The zero-order valence-corrected chi connectivity index (χ0v) is 17.7. The number of ether oxygens (including phenoxy) is 1. The van der Waals surface area contributed by atoms with Crippen LogP contribution in [0.25, 0.3) is 0 Å². The fraction of sp³-hybridized carbons (Fsp3) is 0.636. The summed E-state index contributed by atoms with van der Waals surface area (Å²) in [5.74, 6) is 0.357. The molecule has 1 aromatic rings. The molecule has 3 rings (SSSR count). The van der Waals surface area contributed by atoms with E-state index < -0.39 is 0 Å². The summed E-state index contributed by atoms with van der Waals surface area (Å²) in [6.45, 7) is 15.7. The Balaban J connectivity index is 1.56. The summed E-state index contributed by atoms with van der Waals surface area (Å²) in [5.41, 5.74) is 5.58. The monoisotopic (exact) mass is 387 g/mol. The average molecular weight is 388 g/mol. The number of carbonyl (C=O) groups excluding carboxylic acids is 2. The minimum atomic E-state index is 0.141. The molecule has 2 fully saturated rings. The normalized spacial score (nSPS) is 19.1. The number of amides is 1. The first-order chi connectivity index (χ1) is 13.4. The lowest BCUT2D eigenvalue weighted by molar-refractivity contribution is -0.136. The summed E-state index contributed by atoms with van der Waals surface area (Å²) in [6, 6.07) is 2.14. The molecule has 0 radical (unpaired) electrons. The van der Waals surface area contributed by atoms with Crippen molar-refractivity contribution in [2.75, 3.05) is 59.0 Å². The van der Waals surface area contributed by atoms with Crippen molar-refractivity contribution in [1.29, 1.82) is 0 Å². The van der Waals surface area contributed by atoms with E-state index >= 15 is 0 Å². The Morgan fingerprint density at radius 1 is 0.929 bits per heavy atom. The predicted octanol–water partition coefficient (Wildman–Crippen LogP) is 1.79. The van der Waals surface area contributed by atoms with Gasteiger partial charge in [0, 0.05) is 51.4 Å². The SMILES string of the molecule is CC(=O)c1c(C)cc(C)c(CN2CCN(CC(=O)N3CCOCC3)CC2)c1C. The molecule has 0 saturated carbocycles. The molecule has 0 aliphatic carbocycles. The topological polar surface area (TPSA) is 53.1 Å². The lowest BCUT2D eigenvalue weighted by Crippen LogP contribution is -2.51. The molecule has 2 saturated heterocycles. The van der Waals surface area contributed by atoms with Gasteiger partial charge in [0.1, 0.15) is 0 Å². The second kappa shape index (κ2) is 9.16. The van der Waals surface area contributed by atoms with Crippen molar-refractivity contribution in [2.24, 2.45) is 0 Å². The third-order valence-electron chi connectivity index (χ3n) is 6.05. The van der Waals surface area contributed by atoms with Gasteiger partial charge in [0.15, 0.2) is 5.78 Å². The first-order valence-corrected chi connectivity index (χ1v) is 10.3. The molecule has 0 bridgehead atoms. The van der Waals surface area contributed by atoms with Crippen molar-refractivity contribution in [3.63, 3.8) is 0 Å². The number of carbonyl (C=O) groups is 2. The maximum Gasteiger partial charge on any atom is 0.236 e. The van der Waals surface area contributed by atoms with Gasteiger partial charge in [0.2, 0.25) is 5.91 Å². The van der Waals surface area contributed by atoms with Gasteiger partial charge in [-0.15, -0.1) is 0 Å². The van der Waals surface area contributed by atoms with E-state index in [1.54, 1.807) is 6.92 Å². The molecule has 2 aliphatic heterocycles. The van der Waals surface area contributed by atoms with Crippen molar-refractivity contribution in [3.05, 3.63) is 33.9 Å². The Morgan fingerprint density at radius 2 is 1.54 bits per heavy atom. The molecule has 1 aromatic carbocycles. The lowest BCUT2D eigenvalue weighted by atomic mass is 9.91. The van der Waals surface area contributed by atoms with E-state index in [0.717, 1.165) is 49.4 Å². The van der Waals surface area contributed by atoms with Crippen LogP contribution < -0.4 is 0 Å². The van der Waals surface area contributed by atoms with E-state index in [0.29, 0.717) is 32.8 Å². The first-order valence-electron chi connectivity index (χ1n) is 10.3. The number of hydrogen-bond acceptors (Lipinski definition) is 5. The number of Topliss-reactive ketones (excluding diaryl/α,β-unsaturated/α-hetero) is 1. The van der Waals surface area contributed by atoms with Crippen molar-refractivity contribution in [1.82, 2.24) is 14.7 Å². The molecule has 0 unspecified atom stereocenters. The smallest absolute Gasteiger partial charge is 0.236 e. The van der Waals surface area contributed by atoms with E-state index in [2.05, 4.69) is 29.7 Å². The molecule has 154 valence electrons. The van der Waals surface area contributed by atoms with Crippen LogP contribution in [0, 0.1) is 20.8 Å². The van der Waals surface area contributed by atoms with Crippen LogP contribution in [0.1, 0.15) is 39.5 Å². The lowest BCUT2D eigenvalue weighted by Gasteiger charge is -2.36. The molecule has 0 N–H and O–H groups in total. The minimum Gasteiger partial charge on any atom is -0.378 e. The van der Waals surface area contributed by atoms with E-state index in [4.69, 9.17) is 4.74 Å². The summed E-state index contributed by atoms with van der Waals surface area (Å²) in [6.07, 6.45) is 0. The fourth-order valence-corrected chi connectivity index (χ4v) is 4.44. The number of ketones is 1. The highest BCUT2D eigenvalue weighted by molar-refractivity contribution is 5.97. The molecular formula is C22H33N3O3. The molecule has 6 nitrogen and oxygen atoms in total. The molecule has 0 spiro atoms. The van der Waals surface area contributed by atoms with Gasteiger partial charge in [0.05, 0.1) is 19.8 Å². The standard InChI is InChI=1S/C22H33N3O3/c1-16-13-17(2)22(19(4)26)18(3)20(16)14-23-5-7-24(8-6-23)15-21(27)25-9-11-28-12-10-25/h13H,5-12,14-15H2,1-4H3. The van der Waals surface area contributed by atoms with E-state index in [9.17, 15) is 9.59 Å². The van der Waals surface area contributed by atoms with Crippen LogP contribution in [0.4, 0.5) is 0 Å². The summed E-state index contributed by atoms with van der Waals surface area (Å²) in [7, 11) is 0. The van der Waals surface area contributed by atoms with Crippen LogP contribution in [0.5, 0.6) is 0 Å².